The molecule has 1 fully saturated rings. The van der Waals surface area contributed by atoms with Crippen LogP contribution in [0.25, 0.3) is 0 Å². The van der Waals surface area contributed by atoms with E-state index in [1.54, 1.807) is 0 Å². The first-order valence-corrected chi connectivity index (χ1v) is 5.45. The predicted octanol–water partition coefficient (Wildman–Crippen LogP) is 2.19. The number of halogens is 1. The molecule has 1 amide bonds. The Morgan fingerprint density at radius 3 is 2.62 bits per heavy atom. The van der Waals surface area contributed by atoms with Crippen molar-refractivity contribution in [3.05, 3.63) is 30.3 Å². The summed E-state index contributed by atoms with van der Waals surface area (Å²) in [5.41, 5.74) is 0.870. The summed E-state index contributed by atoms with van der Waals surface area (Å²) in [7, 11) is 0. The summed E-state index contributed by atoms with van der Waals surface area (Å²) in [6, 6.07) is 9.57. The van der Waals surface area contributed by atoms with Crippen LogP contribution in [-0.2, 0) is 4.79 Å². The summed E-state index contributed by atoms with van der Waals surface area (Å²) >= 11 is 0. The molecule has 1 atom stereocenters. The fourth-order valence-electron chi connectivity index (χ4n) is 1.83. The minimum absolute atomic E-state index is 0. The molecule has 0 bridgehead atoms. The van der Waals surface area contributed by atoms with Crippen LogP contribution in [0.15, 0.2) is 30.3 Å². The van der Waals surface area contributed by atoms with Gasteiger partial charge in [0, 0.05) is 5.69 Å². The highest BCUT2D eigenvalue weighted by Gasteiger charge is 2.19. The van der Waals surface area contributed by atoms with Crippen molar-refractivity contribution in [3.63, 3.8) is 0 Å². The van der Waals surface area contributed by atoms with Crippen LogP contribution in [-0.4, -0.2) is 18.5 Å². The van der Waals surface area contributed by atoms with Gasteiger partial charge in [-0.05, 0) is 31.5 Å². The van der Waals surface area contributed by atoms with Crippen LogP contribution in [0.1, 0.15) is 19.3 Å². The minimum Gasteiger partial charge on any atom is -0.325 e. The zero-order valence-corrected chi connectivity index (χ0v) is 9.93. The maximum atomic E-state index is 11.8. The highest BCUT2D eigenvalue weighted by molar-refractivity contribution is 5.94. The van der Waals surface area contributed by atoms with Crippen molar-refractivity contribution in [2.24, 2.45) is 0 Å². The Morgan fingerprint density at radius 2 is 2.00 bits per heavy atom. The van der Waals surface area contributed by atoms with Crippen LogP contribution in [0.5, 0.6) is 0 Å². The number of hydrogen-bond donors (Lipinski definition) is 2. The van der Waals surface area contributed by atoms with Crippen molar-refractivity contribution in [1.82, 2.24) is 5.32 Å². The topological polar surface area (TPSA) is 41.1 Å². The second-order valence-corrected chi connectivity index (χ2v) is 3.86. The highest BCUT2D eigenvalue weighted by atomic mass is 35.5. The molecule has 88 valence electrons. The lowest BCUT2D eigenvalue weighted by Gasteiger charge is -2.22. The summed E-state index contributed by atoms with van der Waals surface area (Å²) in [6.45, 7) is 0.951. The summed E-state index contributed by atoms with van der Waals surface area (Å²) in [5, 5.41) is 6.14. The van der Waals surface area contributed by atoms with Crippen LogP contribution in [0.2, 0.25) is 0 Å². The average molecular weight is 241 g/mol. The second-order valence-electron chi connectivity index (χ2n) is 3.86. The van der Waals surface area contributed by atoms with Crippen LogP contribution in [0.3, 0.4) is 0 Å². The normalized spacial score (nSPS) is 19.6. The van der Waals surface area contributed by atoms with Gasteiger partial charge in [-0.25, -0.2) is 0 Å². The molecule has 1 unspecified atom stereocenters. The van der Waals surface area contributed by atoms with E-state index in [9.17, 15) is 4.79 Å². The fourth-order valence-corrected chi connectivity index (χ4v) is 1.83. The average Bonchev–Trinajstić information content (AvgIpc) is 2.31. The Morgan fingerprint density at radius 1 is 1.25 bits per heavy atom. The molecule has 0 spiro atoms. The molecule has 1 aromatic rings. The Hall–Kier alpha value is -1.06. The third-order valence-electron chi connectivity index (χ3n) is 2.67. The highest BCUT2D eigenvalue weighted by Crippen LogP contribution is 2.10. The van der Waals surface area contributed by atoms with Crippen molar-refractivity contribution >= 4 is 24.0 Å². The third kappa shape index (κ3) is 3.51. The number of para-hydroxylation sites is 1. The number of amides is 1. The Labute approximate surface area is 102 Å². The van der Waals surface area contributed by atoms with E-state index in [-0.39, 0.29) is 24.4 Å². The first-order chi connectivity index (χ1) is 7.36. The van der Waals surface area contributed by atoms with Crippen molar-refractivity contribution in [2.45, 2.75) is 25.3 Å². The molecule has 3 nitrogen and oxygen atoms in total. The van der Waals surface area contributed by atoms with Gasteiger partial charge in [0.25, 0.3) is 0 Å². The molecular weight excluding hydrogens is 224 g/mol. The molecule has 1 saturated heterocycles. The number of nitrogens with one attached hydrogen (secondary N) is 2. The molecule has 1 aromatic carbocycles. The molecule has 0 aromatic heterocycles. The maximum Gasteiger partial charge on any atom is 0.241 e. The standard InChI is InChI=1S/C12H16N2O.ClH/c15-12(11-8-4-5-9-13-11)14-10-6-2-1-3-7-10;/h1-3,6-7,11,13H,4-5,8-9H2,(H,14,15);1H. The summed E-state index contributed by atoms with van der Waals surface area (Å²) in [4.78, 5) is 11.8. The van der Waals surface area contributed by atoms with Crippen LogP contribution in [0.4, 0.5) is 5.69 Å². The molecule has 4 heteroatoms. The van der Waals surface area contributed by atoms with E-state index in [1.807, 2.05) is 30.3 Å². The number of anilines is 1. The van der Waals surface area contributed by atoms with Crippen LogP contribution >= 0.6 is 12.4 Å². The number of benzene rings is 1. The van der Waals surface area contributed by atoms with Gasteiger partial charge in [-0.2, -0.15) is 0 Å². The van der Waals surface area contributed by atoms with Crippen LogP contribution in [0, 0.1) is 0 Å². The molecule has 0 aliphatic carbocycles. The minimum atomic E-state index is -0.0149. The first-order valence-electron chi connectivity index (χ1n) is 5.45. The van der Waals surface area contributed by atoms with Gasteiger partial charge in [0.15, 0.2) is 0 Å². The van der Waals surface area contributed by atoms with Gasteiger partial charge in [-0.3, -0.25) is 4.79 Å². The second kappa shape index (κ2) is 6.51. The Kier molecular flexibility index (Phi) is 5.29. The van der Waals surface area contributed by atoms with E-state index in [4.69, 9.17) is 0 Å². The molecule has 1 aliphatic rings. The van der Waals surface area contributed by atoms with Gasteiger partial charge in [0.1, 0.15) is 0 Å². The van der Waals surface area contributed by atoms with E-state index >= 15 is 0 Å². The molecule has 0 saturated carbocycles. The van der Waals surface area contributed by atoms with Crippen molar-refractivity contribution in [3.8, 4) is 0 Å². The molecular formula is C12H17ClN2O. The van der Waals surface area contributed by atoms with Gasteiger partial charge in [0.05, 0.1) is 6.04 Å². The fraction of sp³-hybridized carbons (Fsp3) is 0.417. The number of piperidine rings is 1. The largest absolute Gasteiger partial charge is 0.325 e. The summed E-state index contributed by atoms with van der Waals surface area (Å²) in [6.07, 6.45) is 3.26. The van der Waals surface area contributed by atoms with E-state index in [0.29, 0.717) is 0 Å². The third-order valence-corrected chi connectivity index (χ3v) is 2.67. The molecule has 16 heavy (non-hydrogen) atoms. The van der Waals surface area contributed by atoms with Gasteiger partial charge in [-0.15, -0.1) is 12.4 Å². The summed E-state index contributed by atoms with van der Waals surface area (Å²) in [5.74, 6) is 0.0842. The Balaban J connectivity index is 0.00000128. The molecule has 2 rings (SSSR count). The lowest BCUT2D eigenvalue weighted by molar-refractivity contribution is -0.118. The zero-order chi connectivity index (χ0) is 10.5. The monoisotopic (exact) mass is 240 g/mol. The maximum absolute atomic E-state index is 11.8. The van der Waals surface area contributed by atoms with Crippen molar-refractivity contribution in [1.29, 1.82) is 0 Å². The van der Waals surface area contributed by atoms with E-state index < -0.39 is 0 Å². The van der Waals surface area contributed by atoms with Gasteiger partial charge < -0.3 is 10.6 Å². The number of carbonyl (C=O) groups is 1. The quantitative estimate of drug-likeness (QED) is 0.832. The lowest BCUT2D eigenvalue weighted by atomic mass is 10.0. The van der Waals surface area contributed by atoms with E-state index in [2.05, 4.69) is 10.6 Å². The summed E-state index contributed by atoms with van der Waals surface area (Å²) < 4.78 is 0. The van der Waals surface area contributed by atoms with Crippen molar-refractivity contribution < 1.29 is 4.79 Å². The van der Waals surface area contributed by atoms with E-state index in [0.717, 1.165) is 25.1 Å². The lowest BCUT2D eigenvalue weighted by Crippen LogP contribution is -2.43. The molecule has 2 N–H and O–H groups in total. The number of rotatable bonds is 2. The smallest absolute Gasteiger partial charge is 0.241 e. The SMILES string of the molecule is Cl.O=C(Nc1ccccc1)C1CCCCN1. The molecule has 1 heterocycles. The van der Waals surface area contributed by atoms with Crippen LogP contribution < -0.4 is 10.6 Å². The predicted molar refractivity (Wildman–Crippen MR) is 68.0 cm³/mol. The molecule has 0 radical (unpaired) electrons. The Bertz CT molecular complexity index is 323. The van der Waals surface area contributed by atoms with Crippen molar-refractivity contribution in [2.75, 3.05) is 11.9 Å². The number of hydrogen-bond acceptors (Lipinski definition) is 2. The van der Waals surface area contributed by atoms with Gasteiger partial charge in [0.2, 0.25) is 5.91 Å². The molecule has 1 aliphatic heterocycles. The van der Waals surface area contributed by atoms with E-state index in [1.165, 1.54) is 6.42 Å². The number of carbonyl (C=O) groups excluding carboxylic acids is 1. The zero-order valence-electron chi connectivity index (χ0n) is 9.11. The first kappa shape index (κ1) is 13.0. The van der Waals surface area contributed by atoms with Gasteiger partial charge >= 0.3 is 0 Å². The van der Waals surface area contributed by atoms with Gasteiger partial charge in [-0.1, -0.05) is 24.6 Å².